The summed E-state index contributed by atoms with van der Waals surface area (Å²) in [4.78, 5) is 27.9. The first-order valence-electron chi connectivity index (χ1n) is 9.05. The third kappa shape index (κ3) is 6.48. The normalized spacial score (nSPS) is 18.0. The fourth-order valence-corrected chi connectivity index (χ4v) is 3.36. The molecule has 2 amide bonds. The lowest BCUT2D eigenvalue weighted by molar-refractivity contribution is -0.134. The summed E-state index contributed by atoms with van der Waals surface area (Å²) in [6.45, 7) is 2.17. The van der Waals surface area contributed by atoms with Gasteiger partial charge in [0, 0.05) is 32.2 Å². The van der Waals surface area contributed by atoms with Gasteiger partial charge in [0.15, 0.2) is 0 Å². The van der Waals surface area contributed by atoms with Crippen LogP contribution < -0.4 is 5.73 Å². The third-order valence-corrected chi connectivity index (χ3v) is 4.75. The Kier molecular flexibility index (Phi) is 7.88. The number of amides is 2. The molecule has 0 bridgehead atoms. The largest absolute Gasteiger partial charge is 0.396 e. The number of carbonyl (C=O) groups excluding carboxylic acids is 2. The van der Waals surface area contributed by atoms with Gasteiger partial charge in [-0.1, -0.05) is 36.8 Å². The number of aliphatic hydroxyl groups excluding tert-OH is 1. The van der Waals surface area contributed by atoms with Crippen LogP contribution in [0.2, 0.25) is 0 Å². The molecule has 1 unspecified atom stereocenters. The van der Waals surface area contributed by atoms with Crippen molar-refractivity contribution in [3.05, 3.63) is 35.9 Å². The Morgan fingerprint density at radius 1 is 1.24 bits per heavy atom. The van der Waals surface area contributed by atoms with Crippen LogP contribution in [-0.2, 0) is 16.1 Å². The Morgan fingerprint density at radius 2 is 2.00 bits per heavy atom. The van der Waals surface area contributed by atoms with E-state index in [2.05, 4.69) is 4.90 Å². The van der Waals surface area contributed by atoms with Crippen LogP contribution in [0.15, 0.2) is 30.3 Å². The number of hydrogen-bond acceptors (Lipinski definition) is 4. The molecule has 3 N–H and O–H groups in total. The Morgan fingerprint density at radius 3 is 2.68 bits per heavy atom. The average Bonchev–Trinajstić information content (AvgIpc) is 2.61. The Hall–Kier alpha value is -1.92. The van der Waals surface area contributed by atoms with Gasteiger partial charge in [0.05, 0.1) is 6.54 Å². The first-order chi connectivity index (χ1) is 12.1. The van der Waals surface area contributed by atoms with E-state index in [1.165, 1.54) is 0 Å². The van der Waals surface area contributed by atoms with Crippen LogP contribution in [0.3, 0.4) is 0 Å². The van der Waals surface area contributed by atoms with Crippen LogP contribution in [-0.4, -0.2) is 59.0 Å². The highest BCUT2D eigenvalue weighted by molar-refractivity contribution is 5.79. The smallest absolute Gasteiger partial charge is 0.237 e. The fraction of sp³-hybridized carbons (Fsp3) is 0.579. The molecule has 0 aliphatic carbocycles. The summed E-state index contributed by atoms with van der Waals surface area (Å²) in [6, 6.07) is 10.0. The lowest BCUT2D eigenvalue weighted by Gasteiger charge is -2.36. The third-order valence-electron chi connectivity index (χ3n) is 4.75. The van der Waals surface area contributed by atoms with Gasteiger partial charge >= 0.3 is 0 Å². The number of hydrogen-bond donors (Lipinski definition) is 2. The lowest BCUT2D eigenvalue weighted by Crippen LogP contribution is -2.47. The van der Waals surface area contributed by atoms with Crippen molar-refractivity contribution < 1.29 is 14.7 Å². The quantitative estimate of drug-likeness (QED) is 0.701. The second-order valence-electron chi connectivity index (χ2n) is 6.65. The summed E-state index contributed by atoms with van der Waals surface area (Å²) in [5.74, 6) is -0.392. The molecule has 1 heterocycles. The van der Waals surface area contributed by atoms with Crippen molar-refractivity contribution in [2.24, 2.45) is 5.73 Å². The van der Waals surface area contributed by atoms with E-state index in [0.29, 0.717) is 26.1 Å². The number of primary amides is 1. The molecule has 0 spiro atoms. The Labute approximate surface area is 149 Å². The van der Waals surface area contributed by atoms with Crippen LogP contribution in [0.25, 0.3) is 0 Å². The Bertz CT molecular complexity index is 548. The molecule has 0 saturated carbocycles. The van der Waals surface area contributed by atoms with Crippen molar-refractivity contribution >= 4 is 11.8 Å². The monoisotopic (exact) mass is 347 g/mol. The van der Waals surface area contributed by atoms with E-state index < -0.39 is 5.91 Å². The van der Waals surface area contributed by atoms with Gasteiger partial charge in [-0.3, -0.25) is 14.5 Å². The zero-order valence-corrected chi connectivity index (χ0v) is 14.8. The van der Waals surface area contributed by atoms with E-state index in [1.54, 1.807) is 4.90 Å². The van der Waals surface area contributed by atoms with E-state index in [9.17, 15) is 14.7 Å². The number of aliphatic hydroxyl groups is 1. The maximum atomic E-state index is 12.8. The molecule has 1 aromatic rings. The molecule has 2 rings (SSSR count). The minimum atomic E-state index is -0.401. The van der Waals surface area contributed by atoms with Gasteiger partial charge in [0.25, 0.3) is 0 Å². The standard InChI is InChI=1S/C19H29N3O3/c20-18(24)9-12-22(14-16-6-2-1-3-7-16)19(25)15-21-11-5-4-8-17(21)10-13-23/h1-3,6-7,17,23H,4-5,8-15H2,(H2,20,24). The van der Waals surface area contributed by atoms with E-state index >= 15 is 0 Å². The highest BCUT2D eigenvalue weighted by Gasteiger charge is 2.26. The number of likely N-dealkylation sites (tertiary alicyclic amines) is 1. The maximum absolute atomic E-state index is 12.8. The molecule has 1 aliphatic rings. The molecule has 0 radical (unpaired) electrons. The van der Waals surface area contributed by atoms with Crippen LogP contribution in [0.5, 0.6) is 0 Å². The molecular formula is C19H29N3O3. The first-order valence-corrected chi connectivity index (χ1v) is 9.05. The van der Waals surface area contributed by atoms with Gasteiger partial charge in [-0.05, 0) is 31.4 Å². The molecule has 1 saturated heterocycles. The van der Waals surface area contributed by atoms with Crippen molar-refractivity contribution in [2.75, 3.05) is 26.2 Å². The number of nitrogens with zero attached hydrogens (tertiary/aromatic N) is 2. The summed E-state index contributed by atoms with van der Waals surface area (Å²) >= 11 is 0. The summed E-state index contributed by atoms with van der Waals surface area (Å²) in [6.07, 6.45) is 4.11. The van der Waals surface area contributed by atoms with E-state index in [0.717, 1.165) is 31.4 Å². The van der Waals surface area contributed by atoms with Gasteiger partial charge in [0.1, 0.15) is 0 Å². The van der Waals surface area contributed by atoms with Gasteiger partial charge in [-0.15, -0.1) is 0 Å². The number of benzene rings is 1. The van der Waals surface area contributed by atoms with E-state index in [4.69, 9.17) is 5.73 Å². The highest BCUT2D eigenvalue weighted by atomic mass is 16.3. The molecule has 6 heteroatoms. The summed E-state index contributed by atoms with van der Waals surface area (Å²) in [5, 5.41) is 9.25. The predicted octanol–water partition coefficient (Wildman–Crippen LogP) is 1.13. The van der Waals surface area contributed by atoms with E-state index in [1.807, 2.05) is 30.3 Å². The number of nitrogens with two attached hydrogens (primary N) is 1. The molecule has 1 atom stereocenters. The molecular weight excluding hydrogens is 318 g/mol. The fourth-order valence-electron chi connectivity index (χ4n) is 3.36. The zero-order valence-electron chi connectivity index (χ0n) is 14.8. The van der Waals surface area contributed by atoms with Crippen molar-refractivity contribution in [2.45, 2.75) is 44.7 Å². The minimum absolute atomic E-state index is 0.00921. The van der Waals surface area contributed by atoms with Crippen LogP contribution in [0, 0.1) is 0 Å². The lowest BCUT2D eigenvalue weighted by atomic mass is 9.99. The molecule has 1 aromatic carbocycles. The molecule has 0 aromatic heterocycles. The maximum Gasteiger partial charge on any atom is 0.237 e. The number of piperidine rings is 1. The van der Waals surface area contributed by atoms with Gasteiger partial charge in [-0.25, -0.2) is 0 Å². The second-order valence-corrected chi connectivity index (χ2v) is 6.65. The SMILES string of the molecule is NC(=O)CCN(Cc1ccccc1)C(=O)CN1CCCCC1CCO. The summed E-state index contributed by atoms with van der Waals surface area (Å²) in [7, 11) is 0. The van der Waals surface area contributed by atoms with E-state index in [-0.39, 0.29) is 25.0 Å². The Balaban J connectivity index is 2.01. The number of carbonyl (C=O) groups is 2. The van der Waals surface area contributed by atoms with Crippen LogP contribution in [0.1, 0.15) is 37.7 Å². The minimum Gasteiger partial charge on any atom is -0.396 e. The molecule has 138 valence electrons. The van der Waals surface area contributed by atoms with Crippen molar-refractivity contribution in [3.63, 3.8) is 0 Å². The van der Waals surface area contributed by atoms with Gasteiger partial charge < -0.3 is 15.7 Å². The highest BCUT2D eigenvalue weighted by Crippen LogP contribution is 2.19. The molecule has 1 fully saturated rings. The molecule has 6 nitrogen and oxygen atoms in total. The summed E-state index contributed by atoms with van der Waals surface area (Å²) in [5.41, 5.74) is 6.30. The predicted molar refractivity (Wildman–Crippen MR) is 96.6 cm³/mol. The van der Waals surface area contributed by atoms with Crippen molar-refractivity contribution in [1.29, 1.82) is 0 Å². The topological polar surface area (TPSA) is 86.9 Å². The summed E-state index contributed by atoms with van der Waals surface area (Å²) < 4.78 is 0. The molecule has 25 heavy (non-hydrogen) atoms. The first kappa shape index (κ1) is 19.4. The van der Waals surface area contributed by atoms with Gasteiger partial charge in [-0.2, -0.15) is 0 Å². The number of rotatable bonds is 9. The van der Waals surface area contributed by atoms with Crippen molar-refractivity contribution in [1.82, 2.24) is 9.80 Å². The molecule has 1 aliphatic heterocycles. The second kappa shape index (κ2) is 10.2. The zero-order chi connectivity index (χ0) is 18.1. The van der Waals surface area contributed by atoms with Crippen LogP contribution >= 0.6 is 0 Å². The average molecular weight is 347 g/mol. The van der Waals surface area contributed by atoms with Gasteiger partial charge in [0.2, 0.25) is 11.8 Å². The van der Waals surface area contributed by atoms with Crippen LogP contribution in [0.4, 0.5) is 0 Å². The van der Waals surface area contributed by atoms with Crippen molar-refractivity contribution in [3.8, 4) is 0 Å².